The molecule has 4 rings (SSSR count). The topological polar surface area (TPSA) is 349 Å². The maximum absolute atomic E-state index is 12.8. The van der Waals surface area contributed by atoms with E-state index in [9.17, 15) is 50.4 Å². The molecule has 4 fully saturated rings. The first kappa shape index (κ1) is 64.6. The molecule has 0 aromatic carbocycles. The zero-order valence-corrected chi connectivity index (χ0v) is 44.0. The number of ether oxygens (including phenoxy) is 14. The molecule has 9 unspecified atom stereocenters. The van der Waals surface area contributed by atoms with Gasteiger partial charge < -0.3 is 118 Å². The van der Waals surface area contributed by atoms with Crippen molar-refractivity contribution >= 4 is 11.8 Å². The van der Waals surface area contributed by atoms with Gasteiger partial charge >= 0.3 is 0 Å². The van der Waals surface area contributed by atoms with E-state index in [0.717, 1.165) is 19.8 Å². The Balaban J connectivity index is 1.52. The number of nitrogens with one attached hydrogen (secondary N) is 2. The van der Waals surface area contributed by atoms with Gasteiger partial charge in [0, 0.05) is 40.3 Å². The SMILES string of the molecule is CCCOCCOCCCOCCOC1[C@H](O)C(COCCOCCOCCC)O[C@@H](O[C@@H]2C(CO)O[C@@H](O[C@@H]3C(CO[C@@H]4OC(C)[C@@H](O)C(O)C4O)O[C@@H](C(C)C)[C@@H](NC(C)=O)C3O)[C@@H](NC(C)=O)C2O)[C@@H]1O. The normalized spacial score (nSPS) is 36.8. The minimum atomic E-state index is -1.81. The average molecular weight is 1080 g/mol. The van der Waals surface area contributed by atoms with Gasteiger partial charge in [-0.25, -0.2) is 0 Å². The molecule has 0 aliphatic carbocycles. The molecule has 0 bridgehead atoms. The highest BCUT2D eigenvalue weighted by atomic mass is 16.8. The summed E-state index contributed by atoms with van der Waals surface area (Å²) in [6.45, 7) is 14.1. The fourth-order valence-corrected chi connectivity index (χ4v) is 8.86. The lowest BCUT2D eigenvalue weighted by Crippen LogP contribution is -2.70. The fourth-order valence-electron chi connectivity index (χ4n) is 8.86. The molecule has 434 valence electrons. The quantitative estimate of drug-likeness (QED) is 0.0281. The van der Waals surface area contributed by atoms with Crippen LogP contribution in [0.2, 0.25) is 0 Å². The van der Waals surface area contributed by atoms with E-state index in [0.29, 0.717) is 59.3 Å². The summed E-state index contributed by atoms with van der Waals surface area (Å²) in [5.74, 6) is -1.50. The maximum Gasteiger partial charge on any atom is 0.217 e. The molecule has 26 nitrogen and oxygen atoms in total. The lowest BCUT2D eigenvalue weighted by atomic mass is 9.87. The maximum atomic E-state index is 12.8. The fraction of sp³-hybridized carbons (Fsp3) is 0.958. The molecule has 0 radical (unpaired) electrons. The number of aliphatic hydroxyl groups excluding tert-OH is 8. The zero-order chi connectivity index (χ0) is 54.3. The predicted octanol–water partition coefficient (Wildman–Crippen LogP) is -3.39. The van der Waals surface area contributed by atoms with E-state index < -0.39 is 148 Å². The Morgan fingerprint density at radius 3 is 1.58 bits per heavy atom. The summed E-state index contributed by atoms with van der Waals surface area (Å²) in [6.07, 6.45) is -23.9. The minimum absolute atomic E-state index is 0.0707. The first-order chi connectivity index (χ1) is 35.4. The monoisotopic (exact) mass is 1080 g/mol. The van der Waals surface area contributed by atoms with E-state index in [2.05, 4.69) is 10.6 Å². The van der Waals surface area contributed by atoms with Crippen LogP contribution >= 0.6 is 0 Å². The Morgan fingerprint density at radius 2 is 1.00 bits per heavy atom. The van der Waals surface area contributed by atoms with Crippen LogP contribution in [0.4, 0.5) is 0 Å². The first-order valence-electron chi connectivity index (χ1n) is 26.0. The van der Waals surface area contributed by atoms with Crippen LogP contribution in [0, 0.1) is 5.92 Å². The number of carbonyl (C=O) groups excluding carboxylic acids is 2. The standard InChI is InChI=1S/C48H88N2O24/c1-8-11-61-15-17-63-13-10-14-64-21-22-67-45-36(55)31(24-66-20-19-65-18-16-62-12-9-2)72-48(41(45)60)74-43-30(23-51)71-46(34(38(43)57)50-29(7)53)73-44-32(25-68-47-40(59)39(58)35(54)27(5)69-47)70-42(26(3)4)33(37(44)56)49-28(6)52/h26-27,30-48,51,54-60H,8-25H2,1-7H3,(H,49,52)(H,50,53)/t27?,30?,31?,32?,33-,34-,35+,36+,37?,38?,39?,40?,41+,42-,43+,44+,45?,46-,47+,48-/m0/s1. The van der Waals surface area contributed by atoms with Gasteiger partial charge in [-0.15, -0.1) is 0 Å². The molecule has 10 N–H and O–H groups in total. The number of hydrogen-bond donors (Lipinski definition) is 10. The van der Waals surface area contributed by atoms with Gasteiger partial charge in [0.25, 0.3) is 0 Å². The van der Waals surface area contributed by atoms with Crippen molar-refractivity contribution < 1.29 is 117 Å². The Labute approximate surface area is 433 Å². The molecular formula is C48H88N2O24. The van der Waals surface area contributed by atoms with E-state index in [1.54, 1.807) is 13.8 Å². The Bertz CT molecular complexity index is 1540. The second kappa shape index (κ2) is 34.2. The predicted molar refractivity (Wildman–Crippen MR) is 255 cm³/mol. The number of amides is 2. The van der Waals surface area contributed by atoms with Gasteiger partial charge in [0.15, 0.2) is 18.9 Å². The van der Waals surface area contributed by atoms with Gasteiger partial charge in [-0.2, -0.15) is 0 Å². The lowest BCUT2D eigenvalue weighted by Gasteiger charge is -2.51. The molecule has 4 aliphatic heterocycles. The molecule has 2 amide bonds. The van der Waals surface area contributed by atoms with Gasteiger partial charge in [-0.3, -0.25) is 9.59 Å². The van der Waals surface area contributed by atoms with Gasteiger partial charge in [0.1, 0.15) is 85.4 Å². The summed E-state index contributed by atoms with van der Waals surface area (Å²) in [4.78, 5) is 25.3. The average Bonchev–Trinajstić information content (AvgIpc) is 3.36. The highest BCUT2D eigenvalue weighted by molar-refractivity contribution is 5.73. The van der Waals surface area contributed by atoms with E-state index in [1.807, 2.05) is 13.8 Å². The van der Waals surface area contributed by atoms with Crippen LogP contribution in [-0.4, -0.2) is 274 Å². The minimum Gasteiger partial charge on any atom is -0.394 e. The third kappa shape index (κ3) is 19.8. The highest BCUT2D eigenvalue weighted by Gasteiger charge is 2.55. The molecule has 4 heterocycles. The third-order valence-corrected chi connectivity index (χ3v) is 12.7. The zero-order valence-electron chi connectivity index (χ0n) is 44.0. The number of rotatable bonds is 34. The third-order valence-electron chi connectivity index (χ3n) is 12.7. The summed E-state index contributed by atoms with van der Waals surface area (Å²) >= 11 is 0. The van der Waals surface area contributed by atoms with Crippen LogP contribution in [0.5, 0.6) is 0 Å². The van der Waals surface area contributed by atoms with Crippen molar-refractivity contribution in [1.82, 2.24) is 10.6 Å². The van der Waals surface area contributed by atoms with Crippen molar-refractivity contribution in [2.24, 2.45) is 5.92 Å². The molecule has 26 heteroatoms. The van der Waals surface area contributed by atoms with Crippen molar-refractivity contribution in [3.8, 4) is 0 Å². The van der Waals surface area contributed by atoms with Crippen molar-refractivity contribution in [3.63, 3.8) is 0 Å². The van der Waals surface area contributed by atoms with Crippen LogP contribution in [0.1, 0.15) is 67.7 Å². The summed E-state index contributed by atoms with van der Waals surface area (Å²) in [5, 5.41) is 94.8. The summed E-state index contributed by atoms with van der Waals surface area (Å²) in [7, 11) is 0. The number of carbonyl (C=O) groups is 2. The molecule has 0 aromatic rings. The second-order valence-corrected chi connectivity index (χ2v) is 19.1. The summed E-state index contributed by atoms with van der Waals surface area (Å²) < 4.78 is 82.2. The van der Waals surface area contributed by atoms with Gasteiger partial charge in [0.2, 0.25) is 11.8 Å². The number of aliphatic hydroxyl groups is 8. The molecule has 20 atom stereocenters. The molecule has 4 aliphatic rings. The number of hydrogen-bond acceptors (Lipinski definition) is 24. The second-order valence-electron chi connectivity index (χ2n) is 19.1. The Morgan fingerprint density at radius 1 is 0.486 bits per heavy atom. The first-order valence-corrected chi connectivity index (χ1v) is 26.0. The molecule has 0 saturated carbocycles. The molecule has 0 spiro atoms. The smallest absolute Gasteiger partial charge is 0.217 e. The molecular weight excluding hydrogens is 989 g/mol. The van der Waals surface area contributed by atoms with E-state index in [-0.39, 0.29) is 39.0 Å². The van der Waals surface area contributed by atoms with Crippen LogP contribution in [-0.2, 0) is 75.9 Å². The van der Waals surface area contributed by atoms with E-state index in [4.69, 9.17) is 66.3 Å². The Kier molecular flexibility index (Phi) is 29.8. The van der Waals surface area contributed by atoms with Crippen LogP contribution in [0.3, 0.4) is 0 Å². The summed E-state index contributed by atoms with van der Waals surface area (Å²) in [5.41, 5.74) is 0. The highest BCUT2D eigenvalue weighted by Crippen LogP contribution is 2.35. The van der Waals surface area contributed by atoms with Crippen molar-refractivity contribution in [1.29, 1.82) is 0 Å². The van der Waals surface area contributed by atoms with Gasteiger partial charge in [0.05, 0.1) is 90.9 Å². The van der Waals surface area contributed by atoms with Crippen LogP contribution in [0.15, 0.2) is 0 Å². The molecule has 74 heavy (non-hydrogen) atoms. The van der Waals surface area contributed by atoms with Crippen molar-refractivity contribution in [3.05, 3.63) is 0 Å². The molecule has 0 aromatic heterocycles. The van der Waals surface area contributed by atoms with Crippen molar-refractivity contribution in [2.45, 2.75) is 190 Å². The van der Waals surface area contributed by atoms with Crippen LogP contribution in [0.25, 0.3) is 0 Å². The van der Waals surface area contributed by atoms with Gasteiger partial charge in [-0.05, 0) is 32.1 Å². The van der Waals surface area contributed by atoms with Crippen molar-refractivity contribution in [2.75, 3.05) is 99.1 Å². The largest absolute Gasteiger partial charge is 0.394 e. The molecule has 4 saturated heterocycles. The van der Waals surface area contributed by atoms with Crippen LogP contribution < -0.4 is 10.6 Å². The van der Waals surface area contributed by atoms with E-state index in [1.165, 1.54) is 13.8 Å². The summed E-state index contributed by atoms with van der Waals surface area (Å²) in [6, 6.07) is -2.62. The Hall–Kier alpha value is -1.94. The van der Waals surface area contributed by atoms with Gasteiger partial charge in [-0.1, -0.05) is 27.7 Å². The lowest BCUT2D eigenvalue weighted by molar-refractivity contribution is -0.362. The van der Waals surface area contributed by atoms with E-state index >= 15 is 0 Å².